The summed E-state index contributed by atoms with van der Waals surface area (Å²) in [5, 5.41) is 11.2. The molecule has 0 saturated heterocycles. The van der Waals surface area contributed by atoms with Gasteiger partial charge in [0.25, 0.3) is 0 Å². The largest absolute Gasteiger partial charge is 0.462 e. The predicted molar refractivity (Wildman–Crippen MR) is 93.7 cm³/mol. The van der Waals surface area contributed by atoms with Crippen molar-refractivity contribution in [2.75, 3.05) is 0 Å². The molecule has 3 saturated carbocycles. The van der Waals surface area contributed by atoms with E-state index in [1.807, 2.05) is 6.08 Å². The maximum absolute atomic E-state index is 11.9. The first-order valence-electron chi connectivity index (χ1n) is 9.85. The number of ketones is 1. The van der Waals surface area contributed by atoms with Crippen LogP contribution in [0.25, 0.3) is 0 Å². The SMILES string of the molecule is CC(=O)OC1CC[C@H]2C3CCC4=CC(=O)CC[C@]4(C)C3C(O)C[C@]12C. The Hall–Kier alpha value is -1.16. The number of carbonyl (C=O) groups is 2. The van der Waals surface area contributed by atoms with Crippen LogP contribution in [0.1, 0.15) is 65.7 Å². The maximum Gasteiger partial charge on any atom is 0.302 e. The Morgan fingerprint density at radius 1 is 1.24 bits per heavy atom. The predicted octanol–water partition coefficient (Wildman–Crippen LogP) is 3.42. The van der Waals surface area contributed by atoms with Gasteiger partial charge in [-0.25, -0.2) is 0 Å². The number of ether oxygens (including phenoxy) is 1. The fourth-order valence-corrected chi connectivity index (χ4v) is 7.04. The minimum atomic E-state index is -0.385. The third-order valence-electron chi connectivity index (χ3n) is 8.11. The summed E-state index contributed by atoms with van der Waals surface area (Å²) in [7, 11) is 0. The number of allylic oxidation sites excluding steroid dienone is 1. The molecule has 0 aromatic heterocycles. The summed E-state index contributed by atoms with van der Waals surface area (Å²) in [6, 6.07) is 0. The third kappa shape index (κ3) is 2.43. The minimum absolute atomic E-state index is 0.0446. The fraction of sp³-hybridized carbons (Fsp3) is 0.810. The van der Waals surface area contributed by atoms with E-state index in [1.54, 1.807) is 0 Å². The van der Waals surface area contributed by atoms with Gasteiger partial charge in [0.05, 0.1) is 6.10 Å². The molecule has 4 aliphatic carbocycles. The lowest BCUT2D eigenvalue weighted by Gasteiger charge is -2.59. The normalized spacial score (nSPS) is 48.9. The molecule has 0 aliphatic heterocycles. The van der Waals surface area contributed by atoms with Gasteiger partial charge in [0, 0.05) is 18.8 Å². The lowest BCUT2D eigenvalue weighted by Crippen LogP contribution is -2.57. The van der Waals surface area contributed by atoms with Crippen molar-refractivity contribution in [3.63, 3.8) is 0 Å². The summed E-state index contributed by atoms with van der Waals surface area (Å²) >= 11 is 0. The second kappa shape index (κ2) is 5.67. The number of esters is 1. The number of hydrogen-bond acceptors (Lipinski definition) is 4. The standard InChI is InChI=1S/C21H30O4/c1-12(22)25-18-7-6-16-15-5-4-13-10-14(23)8-9-20(13,2)19(15)17(24)11-21(16,18)3/h10,15-19,24H,4-9,11H2,1-3H3/t15?,16-,17?,18?,19?,20-,21-/m0/s1. The van der Waals surface area contributed by atoms with Crippen molar-refractivity contribution in [3.8, 4) is 0 Å². The summed E-state index contributed by atoms with van der Waals surface area (Å²) in [4.78, 5) is 23.4. The molecule has 4 nitrogen and oxygen atoms in total. The highest BCUT2D eigenvalue weighted by molar-refractivity contribution is 5.91. The Balaban J connectivity index is 1.68. The average Bonchev–Trinajstić information content (AvgIpc) is 2.83. The first-order valence-corrected chi connectivity index (χ1v) is 9.85. The van der Waals surface area contributed by atoms with Gasteiger partial charge >= 0.3 is 5.97 Å². The number of aliphatic hydroxyl groups is 1. The van der Waals surface area contributed by atoms with Gasteiger partial charge in [0.2, 0.25) is 0 Å². The smallest absolute Gasteiger partial charge is 0.302 e. The molecule has 4 heteroatoms. The molecular formula is C21H30O4. The molecule has 3 fully saturated rings. The summed E-state index contributed by atoms with van der Waals surface area (Å²) in [5.74, 6) is 1.23. The number of aliphatic hydroxyl groups excluding tert-OH is 1. The molecule has 0 amide bonds. The summed E-state index contributed by atoms with van der Waals surface area (Å²) in [6.07, 6.45) is 7.60. The van der Waals surface area contributed by atoms with Crippen LogP contribution < -0.4 is 0 Å². The van der Waals surface area contributed by atoms with E-state index in [-0.39, 0.29) is 40.7 Å². The van der Waals surface area contributed by atoms with E-state index in [0.717, 1.165) is 32.1 Å². The zero-order chi connectivity index (χ0) is 18.0. The molecule has 4 rings (SSSR count). The van der Waals surface area contributed by atoms with Gasteiger partial charge in [-0.05, 0) is 67.8 Å². The molecule has 0 radical (unpaired) electrons. The number of carbonyl (C=O) groups excluding carboxylic acids is 2. The molecule has 4 unspecified atom stereocenters. The van der Waals surface area contributed by atoms with E-state index in [0.29, 0.717) is 24.7 Å². The molecule has 0 heterocycles. The van der Waals surface area contributed by atoms with Crippen LogP contribution in [0.15, 0.2) is 11.6 Å². The van der Waals surface area contributed by atoms with E-state index in [4.69, 9.17) is 4.74 Å². The quantitative estimate of drug-likeness (QED) is 0.739. The van der Waals surface area contributed by atoms with Gasteiger partial charge in [-0.2, -0.15) is 0 Å². The molecular weight excluding hydrogens is 316 g/mol. The Morgan fingerprint density at radius 3 is 2.72 bits per heavy atom. The van der Waals surface area contributed by atoms with E-state index >= 15 is 0 Å². The number of fused-ring (bicyclic) bond motifs is 5. The first kappa shape index (κ1) is 17.3. The van der Waals surface area contributed by atoms with Crippen LogP contribution in [-0.4, -0.2) is 29.1 Å². The Bertz CT molecular complexity index is 638. The monoisotopic (exact) mass is 346 g/mol. The average molecular weight is 346 g/mol. The van der Waals surface area contributed by atoms with Crippen molar-refractivity contribution in [2.45, 2.75) is 77.9 Å². The zero-order valence-electron chi connectivity index (χ0n) is 15.6. The van der Waals surface area contributed by atoms with Gasteiger partial charge in [0.1, 0.15) is 6.10 Å². The van der Waals surface area contributed by atoms with Crippen LogP contribution in [0.5, 0.6) is 0 Å². The van der Waals surface area contributed by atoms with E-state index in [9.17, 15) is 14.7 Å². The molecule has 0 bridgehead atoms. The lowest BCUT2D eigenvalue weighted by molar-refractivity contribution is -0.168. The maximum atomic E-state index is 11.9. The molecule has 138 valence electrons. The van der Waals surface area contributed by atoms with Gasteiger partial charge < -0.3 is 9.84 Å². The molecule has 0 spiro atoms. The molecule has 25 heavy (non-hydrogen) atoms. The van der Waals surface area contributed by atoms with Crippen LogP contribution in [-0.2, 0) is 14.3 Å². The molecule has 1 N–H and O–H groups in total. The van der Waals surface area contributed by atoms with Crippen LogP contribution in [0.2, 0.25) is 0 Å². The van der Waals surface area contributed by atoms with Gasteiger partial charge in [-0.1, -0.05) is 19.4 Å². The fourth-order valence-electron chi connectivity index (χ4n) is 7.04. The van der Waals surface area contributed by atoms with Crippen LogP contribution in [0.3, 0.4) is 0 Å². The van der Waals surface area contributed by atoms with Crippen molar-refractivity contribution in [3.05, 3.63) is 11.6 Å². The topological polar surface area (TPSA) is 63.6 Å². The second-order valence-corrected chi connectivity index (χ2v) is 9.34. The van der Waals surface area contributed by atoms with Crippen LogP contribution in [0, 0.1) is 28.6 Å². The summed E-state index contributed by atoms with van der Waals surface area (Å²) < 4.78 is 5.65. The van der Waals surface area contributed by atoms with E-state index in [1.165, 1.54) is 12.5 Å². The van der Waals surface area contributed by atoms with Gasteiger partial charge in [0.15, 0.2) is 5.78 Å². The van der Waals surface area contributed by atoms with E-state index in [2.05, 4.69) is 13.8 Å². The highest BCUT2D eigenvalue weighted by Crippen LogP contribution is 2.65. The van der Waals surface area contributed by atoms with Crippen molar-refractivity contribution in [1.82, 2.24) is 0 Å². The lowest BCUT2D eigenvalue weighted by atomic mass is 9.46. The number of hydrogen-bond donors (Lipinski definition) is 1. The number of rotatable bonds is 1. The van der Waals surface area contributed by atoms with Crippen LogP contribution >= 0.6 is 0 Å². The molecule has 0 aromatic carbocycles. The Kier molecular flexibility index (Phi) is 3.91. The van der Waals surface area contributed by atoms with Crippen LogP contribution in [0.4, 0.5) is 0 Å². The molecule has 7 atom stereocenters. The highest BCUT2D eigenvalue weighted by atomic mass is 16.5. The highest BCUT2D eigenvalue weighted by Gasteiger charge is 2.62. The first-order chi connectivity index (χ1) is 11.8. The molecule has 4 aliphatic rings. The minimum Gasteiger partial charge on any atom is -0.462 e. The third-order valence-corrected chi connectivity index (χ3v) is 8.11. The Morgan fingerprint density at radius 2 is 2.00 bits per heavy atom. The summed E-state index contributed by atoms with van der Waals surface area (Å²) in [5.41, 5.74) is 1.10. The van der Waals surface area contributed by atoms with Gasteiger partial charge in [-0.3, -0.25) is 9.59 Å². The van der Waals surface area contributed by atoms with E-state index < -0.39 is 0 Å². The van der Waals surface area contributed by atoms with Crippen molar-refractivity contribution < 1.29 is 19.4 Å². The second-order valence-electron chi connectivity index (χ2n) is 9.34. The molecule has 0 aromatic rings. The zero-order valence-corrected chi connectivity index (χ0v) is 15.6. The van der Waals surface area contributed by atoms with Crippen molar-refractivity contribution >= 4 is 11.8 Å². The van der Waals surface area contributed by atoms with Crippen molar-refractivity contribution in [1.29, 1.82) is 0 Å². The summed E-state index contributed by atoms with van der Waals surface area (Å²) in [6.45, 7) is 5.97. The van der Waals surface area contributed by atoms with Gasteiger partial charge in [-0.15, -0.1) is 0 Å². The Labute approximate surface area is 150 Å². The van der Waals surface area contributed by atoms with Crippen molar-refractivity contribution in [2.24, 2.45) is 28.6 Å².